The van der Waals surface area contributed by atoms with Crippen LogP contribution in [0.4, 0.5) is 14.5 Å². The first-order valence-electron chi connectivity index (χ1n) is 10.5. The SMILES string of the molecule is CCn1cc(-c2cc(C(F)F)nc3sc(C(N)=O)c(NC(=O)Cn4nc(C)cc4C)c23)c(C)n1. The van der Waals surface area contributed by atoms with Crippen LogP contribution in [0.25, 0.3) is 21.3 Å². The monoisotopic (exact) mass is 487 g/mol. The molecule has 0 aromatic carbocycles. The highest BCUT2D eigenvalue weighted by Crippen LogP contribution is 2.43. The first-order valence-corrected chi connectivity index (χ1v) is 11.3. The maximum absolute atomic E-state index is 13.7. The summed E-state index contributed by atoms with van der Waals surface area (Å²) in [5.41, 5.74) is 8.45. The van der Waals surface area contributed by atoms with Crippen molar-refractivity contribution < 1.29 is 18.4 Å². The van der Waals surface area contributed by atoms with Crippen molar-refractivity contribution in [1.82, 2.24) is 24.5 Å². The Morgan fingerprint density at radius 2 is 1.91 bits per heavy atom. The van der Waals surface area contributed by atoms with Crippen molar-refractivity contribution in [3.05, 3.63) is 46.0 Å². The van der Waals surface area contributed by atoms with Gasteiger partial charge in [0.2, 0.25) is 5.91 Å². The maximum Gasteiger partial charge on any atom is 0.280 e. The van der Waals surface area contributed by atoms with Gasteiger partial charge >= 0.3 is 0 Å². The van der Waals surface area contributed by atoms with Gasteiger partial charge in [0.25, 0.3) is 12.3 Å². The fraction of sp³-hybridized carbons (Fsp3) is 0.318. The number of carbonyl (C=O) groups is 2. The van der Waals surface area contributed by atoms with Crippen LogP contribution in [0.2, 0.25) is 0 Å². The quantitative estimate of drug-likeness (QED) is 0.409. The average Bonchev–Trinajstić information content (AvgIpc) is 3.42. The van der Waals surface area contributed by atoms with Crippen LogP contribution in [0.15, 0.2) is 18.3 Å². The van der Waals surface area contributed by atoms with Gasteiger partial charge in [-0.1, -0.05) is 0 Å². The predicted octanol–water partition coefficient (Wildman–Crippen LogP) is 3.98. The first-order chi connectivity index (χ1) is 16.1. The molecule has 178 valence electrons. The molecule has 4 heterocycles. The van der Waals surface area contributed by atoms with Crippen LogP contribution in [0.3, 0.4) is 0 Å². The lowest BCUT2D eigenvalue weighted by atomic mass is 10.0. The lowest BCUT2D eigenvalue weighted by Crippen LogP contribution is -2.22. The van der Waals surface area contributed by atoms with E-state index in [2.05, 4.69) is 20.5 Å². The van der Waals surface area contributed by atoms with Crippen LogP contribution >= 0.6 is 11.3 Å². The average molecular weight is 488 g/mol. The Morgan fingerprint density at radius 3 is 2.47 bits per heavy atom. The number of alkyl halides is 2. The number of amides is 2. The van der Waals surface area contributed by atoms with Gasteiger partial charge in [0.05, 0.1) is 17.1 Å². The van der Waals surface area contributed by atoms with Gasteiger partial charge in [0.15, 0.2) is 0 Å². The summed E-state index contributed by atoms with van der Waals surface area (Å²) in [5.74, 6) is -1.24. The highest BCUT2D eigenvalue weighted by molar-refractivity contribution is 7.21. The zero-order valence-corrected chi connectivity index (χ0v) is 19.8. The van der Waals surface area contributed by atoms with Crippen LogP contribution in [0.5, 0.6) is 0 Å². The van der Waals surface area contributed by atoms with E-state index in [0.29, 0.717) is 28.8 Å². The molecule has 0 aliphatic carbocycles. The fourth-order valence-corrected chi connectivity index (χ4v) is 4.84. The van der Waals surface area contributed by atoms with E-state index in [1.54, 1.807) is 17.8 Å². The highest BCUT2D eigenvalue weighted by atomic mass is 32.1. The Labute approximate surface area is 197 Å². The third kappa shape index (κ3) is 4.28. The van der Waals surface area contributed by atoms with Crippen LogP contribution in [-0.2, 0) is 17.9 Å². The summed E-state index contributed by atoms with van der Waals surface area (Å²) < 4.78 is 30.6. The number of hydrogen-bond acceptors (Lipinski definition) is 6. The number of rotatable bonds is 7. The summed E-state index contributed by atoms with van der Waals surface area (Å²) in [6.45, 7) is 7.79. The molecule has 0 aliphatic heterocycles. The number of nitrogens with zero attached hydrogens (tertiary/aromatic N) is 5. The van der Waals surface area contributed by atoms with E-state index >= 15 is 0 Å². The summed E-state index contributed by atoms with van der Waals surface area (Å²) in [6.07, 6.45) is -1.09. The van der Waals surface area contributed by atoms with Crippen molar-refractivity contribution in [3.63, 3.8) is 0 Å². The van der Waals surface area contributed by atoms with Gasteiger partial charge in [-0.2, -0.15) is 10.2 Å². The van der Waals surface area contributed by atoms with E-state index in [0.717, 1.165) is 22.7 Å². The van der Waals surface area contributed by atoms with Gasteiger partial charge in [-0.15, -0.1) is 11.3 Å². The minimum absolute atomic E-state index is 0.0254. The molecule has 0 saturated heterocycles. The molecule has 9 nitrogen and oxygen atoms in total. The summed E-state index contributed by atoms with van der Waals surface area (Å²) in [5, 5.41) is 11.8. The van der Waals surface area contributed by atoms with Gasteiger partial charge in [0, 0.05) is 29.4 Å². The lowest BCUT2D eigenvalue weighted by Gasteiger charge is -2.11. The molecule has 12 heteroatoms. The molecule has 0 spiro atoms. The number of nitrogens with one attached hydrogen (secondary N) is 1. The van der Waals surface area contributed by atoms with Crippen molar-refractivity contribution in [2.75, 3.05) is 5.32 Å². The molecule has 4 aromatic rings. The molecule has 3 N–H and O–H groups in total. The molecule has 4 rings (SSSR count). The molecule has 0 fully saturated rings. The Hall–Kier alpha value is -3.67. The van der Waals surface area contributed by atoms with Crippen LogP contribution in [0, 0.1) is 20.8 Å². The fourth-order valence-electron chi connectivity index (χ4n) is 3.83. The number of hydrogen-bond donors (Lipinski definition) is 2. The zero-order valence-electron chi connectivity index (χ0n) is 19.0. The van der Waals surface area contributed by atoms with Crippen molar-refractivity contribution in [3.8, 4) is 11.1 Å². The second kappa shape index (κ2) is 8.93. The van der Waals surface area contributed by atoms with Gasteiger partial charge in [0.1, 0.15) is 21.9 Å². The van der Waals surface area contributed by atoms with Gasteiger partial charge in [-0.3, -0.25) is 19.0 Å². The summed E-state index contributed by atoms with van der Waals surface area (Å²) in [4.78, 5) is 29.4. The molecule has 0 unspecified atom stereocenters. The van der Waals surface area contributed by atoms with Gasteiger partial charge in [-0.25, -0.2) is 13.8 Å². The van der Waals surface area contributed by atoms with E-state index in [9.17, 15) is 18.4 Å². The molecular formula is C22H23F2N7O2S. The summed E-state index contributed by atoms with van der Waals surface area (Å²) in [6, 6.07) is 3.11. The highest BCUT2D eigenvalue weighted by Gasteiger charge is 2.26. The van der Waals surface area contributed by atoms with E-state index < -0.39 is 23.9 Å². The van der Waals surface area contributed by atoms with Crippen molar-refractivity contribution >= 4 is 39.1 Å². The molecule has 34 heavy (non-hydrogen) atoms. The Bertz CT molecular complexity index is 1420. The third-order valence-electron chi connectivity index (χ3n) is 5.35. The Kier molecular flexibility index (Phi) is 6.17. The first kappa shape index (κ1) is 23.5. The van der Waals surface area contributed by atoms with E-state index in [4.69, 9.17) is 5.73 Å². The van der Waals surface area contributed by atoms with Gasteiger partial charge < -0.3 is 11.1 Å². The smallest absolute Gasteiger partial charge is 0.280 e. The number of fused-ring (bicyclic) bond motifs is 1. The van der Waals surface area contributed by atoms with Crippen molar-refractivity contribution in [1.29, 1.82) is 0 Å². The summed E-state index contributed by atoms with van der Waals surface area (Å²) in [7, 11) is 0. The number of primary amides is 1. The number of pyridine rings is 1. The normalized spacial score (nSPS) is 11.5. The molecule has 0 bridgehead atoms. The van der Waals surface area contributed by atoms with Gasteiger partial charge in [-0.05, 0) is 45.4 Å². The molecule has 0 radical (unpaired) electrons. The summed E-state index contributed by atoms with van der Waals surface area (Å²) >= 11 is 0.863. The Morgan fingerprint density at radius 1 is 1.18 bits per heavy atom. The van der Waals surface area contributed by atoms with E-state index in [1.165, 1.54) is 10.7 Å². The third-order valence-corrected chi connectivity index (χ3v) is 6.45. The molecule has 0 saturated carbocycles. The van der Waals surface area contributed by atoms with Crippen LogP contribution in [0.1, 0.15) is 45.8 Å². The standard InChI is InChI=1S/C22H23F2N7O2S/c1-5-30-8-14(12(4)29-30)13-7-15(20(23)24)26-22-17(13)18(19(34-22)21(25)33)27-16(32)9-31-11(3)6-10(2)28-31/h6-8,20H,5,9H2,1-4H3,(H2,25,33)(H,27,32). The number of aromatic nitrogens is 5. The van der Waals surface area contributed by atoms with Crippen LogP contribution in [-0.4, -0.2) is 36.4 Å². The second-order valence-electron chi connectivity index (χ2n) is 7.86. The zero-order chi connectivity index (χ0) is 24.7. The number of halogens is 2. The van der Waals surface area contributed by atoms with E-state index in [-0.39, 0.29) is 21.9 Å². The minimum Gasteiger partial charge on any atom is -0.365 e. The topological polar surface area (TPSA) is 121 Å². The number of carbonyl (C=O) groups excluding carboxylic acids is 2. The molecule has 0 aliphatic rings. The van der Waals surface area contributed by atoms with E-state index in [1.807, 2.05) is 26.8 Å². The molecule has 2 amide bonds. The van der Waals surface area contributed by atoms with Crippen molar-refractivity contribution in [2.45, 2.75) is 47.2 Å². The predicted molar refractivity (Wildman–Crippen MR) is 125 cm³/mol. The largest absolute Gasteiger partial charge is 0.365 e. The molecular weight excluding hydrogens is 464 g/mol. The van der Waals surface area contributed by atoms with Crippen molar-refractivity contribution in [2.24, 2.45) is 5.73 Å². The number of aryl methyl sites for hydroxylation is 4. The number of anilines is 1. The lowest BCUT2D eigenvalue weighted by molar-refractivity contribution is -0.116. The van der Waals surface area contributed by atoms with Crippen LogP contribution < -0.4 is 11.1 Å². The Balaban J connectivity index is 1.90. The number of thiophene rings is 1. The second-order valence-corrected chi connectivity index (χ2v) is 8.86. The maximum atomic E-state index is 13.7. The molecule has 0 atom stereocenters. The molecule has 4 aromatic heterocycles. The number of nitrogens with two attached hydrogens (primary N) is 1. The minimum atomic E-state index is -2.83.